The molecule has 0 radical (unpaired) electrons. The van der Waals surface area contributed by atoms with Gasteiger partial charge in [-0.3, -0.25) is 4.79 Å². The van der Waals surface area contributed by atoms with Crippen LogP contribution >= 0.6 is 12.2 Å². The van der Waals surface area contributed by atoms with Gasteiger partial charge < -0.3 is 21.9 Å². The Morgan fingerprint density at radius 3 is 2.60 bits per heavy atom. The van der Waals surface area contributed by atoms with Gasteiger partial charge in [0.15, 0.2) is 5.11 Å². The van der Waals surface area contributed by atoms with Gasteiger partial charge in [-0.15, -0.1) is 0 Å². The lowest BCUT2D eigenvalue weighted by molar-refractivity contribution is -0.121. The van der Waals surface area contributed by atoms with Crippen molar-refractivity contribution in [3.8, 4) is 0 Å². The number of carbonyl (C=O) groups is 1. The van der Waals surface area contributed by atoms with E-state index < -0.39 is 18.6 Å². The third-order valence-electron chi connectivity index (χ3n) is 0.780. The molecule has 6 heteroatoms. The zero-order valence-corrected chi connectivity index (χ0v) is 6.02. The Bertz CT molecular complexity index is 149. The number of amides is 1. The number of hydrogen-bond donors (Lipinski definition) is 4. The molecule has 0 aromatic carbocycles. The summed E-state index contributed by atoms with van der Waals surface area (Å²) in [5.74, 6) is -0.574. The van der Waals surface area contributed by atoms with Gasteiger partial charge in [0.25, 0.3) is 0 Å². The minimum Gasteiger partial charge on any atom is -0.394 e. The molecule has 10 heavy (non-hydrogen) atoms. The Kier molecular flexibility index (Phi) is 3.85. The number of aliphatic hydroxyl groups excluding tert-OH is 1. The van der Waals surface area contributed by atoms with Crippen LogP contribution < -0.4 is 16.8 Å². The largest absolute Gasteiger partial charge is 0.394 e. The topological polar surface area (TPSA) is 101 Å². The highest BCUT2D eigenvalue weighted by Crippen LogP contribution is 1.74. The first-order valence-electron chi connectivity index (χ1n) is 2.54. The van der Waals surface area contributed by atoms with Crippen LogP contribution in [0.2, 0.25) is 0 Å². The molecule has 1 unspecified atom stereocenters. The van der Waals surface area contributed by atoms with E-state index >= 15 is 0 Å². The van der Waals surface area contributed by atoms with E-state index in [1.807, 2.05) is 0 Å². The Morgan fingerprint density at radius 1 is 1.80 bits per heavy atom. The Labute approximate surface area is 63.4 Å². The number of nitrogens with one attached hydrogen (secondary N) is 1. The molecule has 0 aliphatic rings. The number of thiocarbonyl (C=S) groups is 1. The van der Waals surface area contributed by atoms with Gasteiger partial charge in [-0.05, 0) is 12.2 Å². The minimum absolute atomic E-state index is 0.145. The molecule has 0 saturated heterocycles. The van der Waals surface area contributed by atoms with Crippen molar-refractivity contribution in [3.05, 3.63) is 0 Å². The molecule has 6 N–H and O–H groups in total. The smallest absolute Gasteiger partial charge is 0.245 e. The molecule has 58 valence electrons. The first-order valence-corrected chi connectivity index (χ1v) is 2.95. The zero-order chi connectivity index (χ0) is 8.15. The quantitative estimate of drug-likeness (QED) is 0.342. The summed E-state index contributed by atoms with van der Waals surface area (Å²) in [4.78, 5) is 10.6. The third kappa shape index (κ3) is 3.33. The van der Waals surface area contributed by atoms with Gasteiger partial charge in [-0.2, -0.15) is 0 Å². The van der Waals surface area contributed by atoms with Crippen molar-refractivity contribution in [2.24, 2.45) is 11.5 Å². The monoisotopic (exact) mass is 163 g/mol. The van der Waals surface area contributed by atoms with E-state index in [-0.39, 0.29) is 5.11 Å². The number of aliphatic hydroxyl groups is 1. The van der Waals surface area contributed by atoms with Crippen LogP contribution in [0.25, 0.3) is 0 Å². The molecule has 0 aromatic heterocycles. The molecular formula is C4H9N3O2S. The molecule has 0 rings (SSSR count). The van der Waals surface area contributed by atoms with Gasteiger partial charge in [-0.1, -0.05) is 0 Å². The van der Waals surface area contributed by atoms with Crippen molar-refractivity contribution >= 4 is 23.2 Å². The molecule has 5 nitrogen and oxygen atoms in total. The molecule has 0 saturated carbocycles. The van der Waals surface area contributed by atoms with Gasteiger partial charge in [0.2, 0.25) is 5.91 Å². The van der Waals surface area contributed by atoms with Crippen LogP contribution in [0.3, 0.4) is 0 Å². The van der Waals surface area contributed by atoms with Gasteiger partial charge in [0, 0.05) is 0 Å². The predicted octanol–water partition coefficient (Wildman–Crippen LogP) is -2.33. The maximum absolute atomic E-state index is 10.6. The lowest BCUT2D eigenvalue weighted by atomic mass is 10.3. The van der Waals surface area contributed by atoms with Crippen LogP contribution in [0.15, 0.2) is 0 Å². The second kappa shape index (κ2) is 4.15. The zero-order valence-electron chi connectivity index (χ0n) is 5.20. The normalized spacial score (nSPS) is 12.2. The number of carbonyl (C=O) groups excluding carboxylic acids is 1. The fourth-order valence-corrected chi connectivity index (χ4v) is 0.398. The summed E-state index contributed by atoms with van der Waals surface area (Å²) in [6, 6.07) is -0.957. The second-order valence-electron chi connectivity index (χ2n) is 1.64. The summed E-state index contributed by atoms with van der Waals surface area (Å²) in [5.41, 5.74) is 10.0. The first kappa shape index (κ1) is 9.28. The summed E-state index contributed by atoms with van der Waals surface area (Å²) in [6.45, 7) is -0.422. The first-order chi connectivity index (χ1) is 4.57. The average molecular weight is 163 g/mol. The highest BCUT2D eigenvalue weighted by atomic mass is 32.1. The molecule has 1 atom stereocenters. The van der Waals surface area contributed by atoms with Crippen molar-refractivity contribution in [1.29, 1.82) is 0 Å². The van der Waals surface area contributed by atoms with Crippen LogP contribution in [0.5, 0.6) is 0 Å². The summed E-state index contributed by atoms with van der Waals surface area (Å²) in [5, 5.41) is 10.3. The summed E-state index contributed by atoms with van der Waals surface area (Å²) >= 11 is 4.35. The van der Waals surface area contributed by atoms with Crippen LogP contribution in [0.4, 0.5) is 0 Å². The summed E-state index contributed by atoms with van der Waals surface area (Å²) in [6.07, 6.45) is 0. The number of rotatable bonds is 2. The van der Waals surface area contributed by atoms with Crippen LogP contribution in [0.1, 0.15) is 0 Å². The molecule has 0 aromatic rings. The Morgan fingerprint density at radius 2 is 2.30 bits per heavy atom. The molecule has 1 amide bonds. The fourth-order valence-electron chi connectivity index (χ4n) is 0.297. The maximum atomic E-state index is 10.6. The predicted molar refractivity (Wildman–Crippen MR) is 40.0 cm³/mol. The van der Waals surface area contributed by atoms with E-state index in [2.05, 4.69) is 17.5 Å². The van der Waals surface area contributed by atoms with Crippen molar-refractivity contribution in [2.45, 2.75) is 6.04 Å². The number of hydrogen-bond acceptors (Lipinski definition) is 4. The molecular weight excluding hydrogens is 154 g/mol. The lowest BCUT2D eigenvalue weighted by Crippen LogP contribution is -2.47. The number of nitrogens with two attached hydrogens (primary N) is 2. The van der Waals surface area contributed by atoms with Crippen molar-refractivity contribution in [3.63, 3.8) is 0 Å². The molecule has 0 aliphatic carbocycles. The SMILES string of the molecule is NC(=S)NC(=O)C(N)CO. The van der Waals surface area contributed by atoms with Crippen molar-refractivity contribution in [2.75, 3.05) is 6.61 Å². The van der Waals surface area contributed by atoms with Gasteiger partial charge in [0.05, 0.1) is 6.61 Å². The van der Waals surface area contributed by atoms with Gasteiger partial charge in [0.1, 0.15) is 6.04 Å². The Hall–Kier alpha value is -0.720. The fraction of sp³-hybridized carbons (Fsp3) is 0.500. The van der Waals surface area contributed by atoms with E-state index in [4.69, 9.17) is 16.6 Å². The summed E-state index contributed by atoms with van der Waals surface area (Å²) in [7, 11) is 0. The van der Waals surface area contributed by atoms with E-state index in [0.29, 0.717) is 0 Å². The molecule has 0 aliphatic heterocycles. The highest BCUT2D eigenvalue weighted by molar-refractivity contribution is 7.80. The molecule has 0 bridgehead atoms. The van der Waals surface area contributed by atoms with Crippen LogP contribution in [-0.4, -0.2) is 28.8 Å². The van der Waals surface area contributed by atoms with E-state index in [1.54, 1.807) is 0 Å². The van der Waals surface area contributed by atoms with E-state index in [9.17, 15) is 4.79 Å². The highest BCUT2D eigenvalue weighted by Gasteiger charge is 2.11. The van der Waals surface area contributed by atoms with E-state index in [0.717, 1.165) is 0 Å². The molecule has 0 heterocycles. The van der Waals surface area contributed by atoms with E-state index in [1.165, 1.54) is 0 Å². The van der Waals surface area contributed by atoms with Gasteiger partial charge >= 0.3 is 0 Å². The second-order valence-corrected chi connectivity index (χ2v) is 2.08. The minimum atomic E-state index is -0.957. The summed E-state index contributed by atoms with van der Waals surface area (Å²) < 4.78 is 0. The van der Waals surface area contributed by atoms with Gasteiger partial charge in [-0.25, -0.2) is 0 Å². The van der Waals surface area contributed by atoms with Crippen LogP contribution in [0, 0.1) is 0 Å². The Balaban J connectivity index is 3.73. The molecule has 0 spiro atoms. The average Bonchev–Trinajstić information content (AvgIpc) is 1.85. The third-order valence-corrected chi connectivity index (χ3v) is 0.882. The van der Waals surface area contributed by atoms with Crippen LogP contribution in [-0.2, 0) is 4.79 Å². The van der Waals surface area contributed by atoms with Crippen molar-refractivity contribution < 1.29 is 9.90 Å². The molecule has 0 fully saturated rings. The van der Waals surface area contributed by atoms with Crippen molar-refractivity contribution in [1.82, 2.24) is 5.32 Å². The maximum Gasteiger partial charge on any atom is 0.245 e. The standard InChI is InChI=1S/C4H9N3O2S/c5-2(1-8)3(9)7-4(6)10/h2,8H,1,5H2,(H3,6,7,9,10). The lowest BCUT2D eigenvalue weighted by Gasteiger charge is -2.06.